The van der Waals surface area contributed by atoms with Crippen molar-refractivity contribution in [1.82, 2.24) is 4.57 Å². The molecule has 1 amide bonds. The maximum Gasteiger partial charge on any atom is 0.239 e. The van der Waals surface area contributed by atoms with Crippen LogP contribution < -0.4 is 5.32 Å². The molecule has 0 aliphatic carbocycles. The van der Waals surface area contributed by atoms with Crippen LogP contribution in [0.1, 0.15) is 11.4 Å². The third-order valence-electron chi connectivity index (χ3n) is 2.81. The molecule has 0 atom stereocenters. The Labute approximate surface area is 111 Å². The first-order chi connectivity index (χ1) is 8.63. The van der Waals surface area contributed by atoms with E-state index >= 15 is 0 Å². The number of para-hydroxylation sites is 2. The lowest BCUT2D eigenvalue weighted by molar-refractivity contribution is -0.113. The number of benzene rings is 1. The number of nitrogens with zero attached hydrogens (tertiary/aromatic N) is 1. The highest BCUT2D eigenvalue weighted by molar-refractivity contribution is 6.29. The average Bonchev–Trinajstić information content (AvgIpc) is 2.70. The Morgan fingerprint density at radius 3 is 2.39 bits per heavy atom. The van der Waals surface area contributed by atoms with Gasteiger partial charge in [-0.25, -0.2) is 0 Å². The van der Waals surface area contributed by atoms with E-state index in [1.165, 1.54) is 0 Å². The van der Waals surface area contributed by atoms with Crippen molar-refractivity contribution in [1.29, 1.82) is 0 Å². The second kappa shape index (κ2) is 5.27. The molecule has 3 nitrogen and oxygen atoms in total. The smallest absolute Gasteiger partial charge is 0.239 e. The maximum absolute atomic E-state index is 11.4. The predicted octanol–water partition coefficient (Wildman–Crippen LogP) is 3.27. The molecule has 0 saturated carbocycles. The number of rotatable bonds is 3. The van der Waals surface area contributed by atoms with Crippen LogP contribution in [-0.2, 0) is 4.79 Å². The maximum atomic E-state index is 11.4. The zero-order valence-corrected chi connectivity index (χ0v) is 11.2. The highest BCUT2D eigenvalue weighted by Crippen LogP contribution is 2.24. The molecule has 18 heavy (non-hydrogen) atoms. The van der Waals surface area contributed by atoms with Gasteiger partial charge in [-0.15, -0.1) is 11.6 Å². The van der Waals surface area contributed by atoms with Crippen molar-refractivity contribution in [2.24, 2.45) is 0 Å². The van der Waals surface area contributed by atoms with Crippen LogP contribution >= 0.6 is 11.6 Å². The topological polar surface area (TPSA) is 34.0 Å². The number of anilines is 1. The molecule has 2 aromatic rings. The van der Waals surface area contributed by atoms with Crippen molar-refractivity contribution in [2.75, 3.05) is 11.2 Å². The Hall–Kier alpha value is -1.74. The van der Waals surface area contributed by atoms with Gasteiger partial charge in [0.2, 0.25) is 5.91 Å². The molecule has 94 valence electrons. The first-order valence-electron chi connectivity index (χ1n) is 5.73. The summed E-state index contributed by atoms with van der Waals surface area (Å²) >= 11 is 5.52. The van der Waals surface area contributed by atoms with E-state index in [-0.39, 0.29) is 11.8 Å². The number of halogens is 1. The number of alkyl halides is 1. The minimum atomic E-state index is -0.202. The van der Waals surface area contributed by atoms with Crippen molar-refractivity contribution in [3.05, 3.63) is 47.8 Å². The second-order valence-electron chi connectivity index (χ2n) is 4.15. The molecular formula is C14H15ClN2O. The molecule has 2 rings (SSSR count). The van der Waals surface area contributed by atoms with Crippen LogP contribution in [0.2, 0.25) is 0 Å². The van der Waals surface area contributed by atoms with Gasteiger partial charge in [-0.05, 0) is 38.1 Å². The van der Waals surface area contributed by atoms with Crippen LogP contribution in [0.3, 0.4) is 0 Å². The molecule has 0 bridgehead atoms. The fourth-order valence-corrected chi connectivity index (χ4v) is 2.07. The third kappa shape index (κ3) is 2.41. The quantitative estimate of drug-likeness (QED) is 0.847. The van der Waals surface area contributed by atoms with E-state index in [0.717, 1.165) is 22.8 Å². The van der Waals surface area contributed by atoms with Gasteiger partial charge in [-0.2, -0.15) is 0 Å². The van der Waals surface area contributed by atoms with Gasteiger partial charge in [0, 0.05) is 11.4 Å². The lowest BCUT2D eigenvalue weighted by Gasteiger charge is -2.14. The molecule has 0 saturated heterocycles. The van der Waals surface area contributed by atoms with E-state index in [0.29, 0.717) is 0 Å². The Morgan fingerprint density at radius 1 is 1.17 bits per heavy atom. The molecular weight excluding hydrogens is 248 g/mol. The molecule has 0 aliphatic heterocycles. The van der Waals surface area contributed by atoms with Crippen LogP contribution in [0, 0.1) is 13.8 Å². The summed E-state index contributed by atoms with van der Waals surface area (Å²) in [6.45, 7) is 4.07. The van der Waals surface area contributed by atoms with Gasteiger partial charge in [-0.3, -0.25) is 4.79 Å². The van der Waals surface area contributed by atoms with Crippen LogP contribution in [0.4, 0.5) is 5.69 Å². The summed E-state index contributed by atoms with van der Waals surface area (Å²) in [5.41, 5.74) is 3.97. The number of aryl methyl sites for hydroxylation is 2. The van der Waals surface area contributed by atoms with E-state index in [1.807, 2.05) is 38.1 Å². The molecule has 1 aromatic heterocycles. The van der Waals surface area contributed by atoms with Gasteiger partial charge in [0.1, 0.15) is 5.88 Å². The van der Waals surface area contributed by atoms with Gasteiger partial charge >= 0.3 is 0 Å². The van der Waals surface area contributed by atoms with Crippen LogP contribution in [0.15, 0.2) is 36.4 Å². The van der Waals surface area contributed by atoms with Crippen LogP contribution in [0.5, 0.6) is 0 Å². The number of nitrogens with one attached hydrogen (secondary N) is 1. The number of hydrogen-bond donors (Lipinski definition) is 1. The van der Waals surface area contributed by atoms with Gasteiger partial charge in [0.05, 0.1) is 11.4 Å². The van der Waals surface area contributed by atoms with Gasteiger partial charge < -0.3 is 9.88 Å². The lowest BCUT2D eigenvalue weighted by atomic mass is 10.2. The van der Waals surface area contributed by atoms with Gasteiger partial charge in [0.25, 0.3) is 0 Å². The summed E-state index contributed by atoms with van der Waals surface area (Å²) in [4.78, 5) is 11.4. The van der Waals surface area contributed by atoms with Crippen molar-refractivity contribution in [3.63, 3.8) is 0 Å². The minimum Gasteiger partial charge on any atom is -0.323 e. The van der Waals surface area contributed by atoms with Crippen LogP contribution in [0.25, 0.3) is 5.69 Å². The van der Waals surface area contributed by atoms with Crippen molar-refractivity contribution in [2.45, 2.75) is 13.8 Å². The van der Waals surface area contributed by atoms with E-state index in [1.54, 1.807) is 0 Å². The van der Waals surface area contributed by atoms with Gasteiger partial charge in [0.15, 0.2) is 0 Å². The highest BCUT2D eigenvalue weighted by Gasteiger charge is 2.10. The Kier molecular flexibility index (Phi) is 3.72. The lowest BCUT2D eigenvalue weighted by Crippen LogP contribution is -2.15. The Balaban J connectivity index is 2.48. The number of aromatic nitrogens is 1. The van der Waals surface area contributed by atoms with E-state index < -0.39 is 0 Å². The molecule has 0 spiro atoms. The van der Waals surface area contributed by atoms with Crippen molar-refractivity contribution in [3.8, 4) is 5.69 Å². The van der Waals surface area contributed by atoms with E-state index in [9.17, 15) is 4.79 Å². The summed E-state index contributed by atoms with van der Waals surface area (Å²) in [6, 6.07) is 11.8. The Morgan fingerprint density at radius 2 is 1.78 bits per heavy atom. The highest BCUT2D eigenvalue weighted by atomic mass is 35.5. The molecule has 4 heteroatoms. The molecule has 0 fully saturated rings. The van der Waals surface area contributed by atoms with E-state index in [4.69, 9.17) is 11.6 Å². The van der Waals surface area contributed by atoms with E-state index in [2.05, 4.69) is 22.0 Å². The SMILES string of the molecule is Cc1ccc(C)n1-c1ccccc1NC(=O)CCl. The standard InChI is InChI=1S/C14H15ClN2O/c1-10-7-8-11(2)17(10)13-6-4-3-5-12(13)16-14(18)9-15/h3-8H,9H2,1-2H3,(H,16,18). The normalized spacial score (nSPS) is 10.4. The first-order valence-corrected chi connectivity index (χ1v) is 6.27. The number of carbonyl (C=O) groups is 1. The summed E-state index contributed by atoms with van der Waals surface area (Å²) < 4.78 is 2.10. The molecule has 0 unspecified atom stereocenters. The second-order valence-corrected chi connectivity index (χ2v) is 4.42. The van der Waals surface area contributed by atoms with Crippen molar-refractivity contribution >= 4 is 23.2 Å². The number of carbonyl (C=O) groups excluding carboxylic acids is 1. The number of amides is 1. The largest absolute Gasteiger partial charge is 0.323 e. The summed E-state index contributed by atoms with van der Waals surface area (Å²) in [5.74, 6) is -0.246. The molecule has 1 N–H and O–H groups in total. The first kappa shape index (κ1) is 12.7. The summed E-state index contributed by atoms with van der Waals surface area (Å²) in [5, 5.41) is 2.81. The van der Waals surface area contributed by atoms with Crippen molar-refractivity contribution < 1.29 is 4.79 Å². The molecule has 1 heterocycles. The number of hydrogen-bond acceptors (Lipinski definition) is 1. The third-order valence-corrected chi connectivity index (χ3v) is 3.05. The predicted molar refractivity (Wildman–Crippen MR) is 74.6 cm³/mol. The monoisotopic (exact) mass is 262 g/mol. The summed E-state index contributed by atoms with van der Waals surface area (Å²) in [7, 11) is 0. The fourth-order valence-electron chi connectivity index (χ4n) is 2.01. The average molecular weight is 263 g/mol. The minimum absolute atomic E-state index is 0.0437. The van der Waals surface area contributed by atoms with Crippen LogP contribution in [-0.4, -0.2) is 16.4 Å². The zero-order valence-electron chi connectivity index (χ0n) is 10.4. The molecule has 1 aromatic carbocycles. The van der Waals surface area contributed by atoms with Gasteiger partial charge in [-0.1, -0.05) is 12.1 Å². The fraction of sp³-hybridized carbons (Fsp3) is 0.214. The molecule has 0 radical (unpaired) electrons. The summed E-state index contributed by atoms with van der Waals surface area (Å²) in [6.07, 6.45) is 0. The zero-order chi connectivity index (χ0) is 13.1. The molecule has 0 aliphatic rings. The Bertz CT molecular complexity index is 555.